The number of Topliss-reactive ketones (excluding diaryl/α,β-unsaturated/α-hetero) is 1. The summed E-state index contributed by atoms with van der Waals surface area (Å²) in [7, 11) is 0. The molecule has 1 amide bonds. The molecule has 0 heterocycles. The summed E-state index contributed by atoms with van der Waals surface area (Å²) in [5, 5.41) is 0. The molecule has 20 heavy (non-hydrogen) atoms. The van der Waals surface area contributed by atoms with Crippen LogP contribution in [0.5, 0.6) is 5.75 Å². The Morgan fingerprint density at radius 3 is 2.35 bits per heavy atom. The van der Waals surface area contributed by atoms with Gasteiger partial charge in [0.1, 0.15) is 12.4 Å². The first-order chi connectivity index (χ1) is 9.56. The van der Waals surface area contributed by atoms with Crippen molar-refractivity contribution in [2.75, 3.05) is 0 Å². The fourth-order valence-corrected chi connectivity index (χ4v) is 1.74. The summed E-state index contributed by atoms with van der Waals surface area (Å²) >= 11 is 0. The van der Waals surface area contributed by atoms with E-state index in [2.05, 4.69) is 0 Å². The van der Waals surface area contributed by atoms with Crippen molar-refractivity contribution in [3.8, 4) is 5.75 Å². The van der Waals surface area contributed by atoms with Crippen LogP contribution >= 0.6 is 0 Å². The van der Waals surface area contributed by atoms with Crippen LogP contribution in [0.4, 0.5) is 0 Å². The largest absolute Gasteiger partial charge is 0.489 e. The number of primary amides is 1. The predicted octanol–water partition coefficient (Wildman–Crippen LogP) is 2.57. The summed E-state index contributed by atoms with van der Waals surface area (Å²) in [4.78, 5) is 22.2. The SMILES string of the molecule is CC(=O)c1cccc(OCc2ccc(C(N)=O)cc2)c1. The highest BCUT2D eigenvalue weighted by Crippen LogP contribution is 2.16. The van der Waals surface area contributed by atoms with E-state index in [4.69, 9.17) is 10.5 Å². The minimum absolute atomic E-state index is 0.00117. The van der Waals surface area contributed by atoms with Gasteiger partial charge in [-0.05, 0) is 36.8 Å². The van der Waals surface area contributed by atoms with E-state index in [1.165, 1.54) is 6.92 Å². The van der Waals surface area contributed by atoms with Gasteiger partial charge in [0.2, 0.25) is 5.91 Å². The molecule has 2 rings (SSSR count). The van der Waals surface area contributed by atoms with Crippen molar-refractivity contribution in [3.05, 3.63) is 65.2 Å². The van der Waals surface area contributed by atoms with Gasteiger partial charge in [0.05, 0.1) is 0 Å². The molecule has 4 nitrogen and oxygen atoms in total. The third-order valence-electron chi connectivity index (χ3n) is 2.88. The zero-order chi connectivity index (χ0) is 14.5. The molecule has 0 aliphatic carbocycles. The molecule has 102 valence electrons. The molecular weight excluding hydrogens is 254 g/mol. The Bertz CT molecular complexity index is 632. The molecule has 0 aliphatic rings. The van der Waals surface area contributed by atoms with Gasteiger partial charge in [-0.1, -0.05) is 24.3 Å². The van der Waals surface area contributed by atoms with Crippen LogP contribution in [-0.2, 0) is 6.61 Å². The van der Waals surface area contributed by atoms with Crippen LogP contribution in [0, 0.1) is 0 Å². The van der Waals surface area contributed by atoms with E-state index in [1.807, 2.05) is 0 Å². The van der Waals surface area contributed by atoms with E-state index in [9.17, 15) is 9.59 Å². The first kappa shape index (κ1) is 13.8. The van der Waals surface area contributed by atoms with Crippen LogP contribution in [0.3, 0.4) is 0 Å². The number of hydrogen-bond acceptors (Lipinski definition) is 3. The van der Waals surface area contributed by atoms with Crippen molar-refractivity contribution in [2.24, 2.45) is 5.73 Å². The van der Waals surface area contributed by atoms with Crippen molar-refractivity contribution in [3.63, 3.8) is 0 Å². The summed E-state index contributed by atoms with van der Waals surface area (Å²) in [5.41, 5.74) is 7.17. The fraction of sp³-hybridized carbons (Fsp3) is 0.125. The zero-order valence-electron chi connectivity index (χ0n) is 11.1. The van der Waals surface area contributed by atoms with Crippen molar-refractivity contribution < 1.29 is 14.3 Å². The highest BCUT2D eigenvalue weighted by Gasteiger charge is 2.03. The van der Waals surface area contributed by atoms with E-state index in [-0.39, 0.29) is 5.78 Å². The van der Waals surface area contributed by atoms with Crippen molar-refractivity contribution in [1.29, 1.82) is 0 Å². The number of nitrogens with two attached hydrogens (primary N) is 1. The lowest BCUT2D eigenvalue weighted by Crippen LogP contribution is -2.10. The highest BCUT2D eigenvalue weighted by atomic mass is 16.5. The minimum atomic E-state index is -0.452. The molecule has 0 saturated carbocycles. The number of amides is 1. The molecule has 2 aromatic carbocycles. The maximum atomic E-state index is 11.3. The second kappa shape index (κ2) is 6.02. The van der Waals surface area contributed by atoms with Gasteiger partial charge in [0, 0.05) is 11.1 Å². The van der Waals surface area contributed by atoms with E-state index >= 15 is 0 Å². The Morgan fingerprint density at radius 1 is 1.05 bits per heavy atom. The standard InChI is InChI=1S/C16H15NO3/c1-11(18)14-3-2-4-15(9-14)20-10-12-5-7-13(8-6-12)16(17)19/h2-9H,10H2,1H3,(H2,17,19). The number of ketones is 1. The van der Waals surface area contributed by atoms with Gasteiger partial charge in [-0.25, -0.2) is 0 Å². The average molecular weight is 269 g/mol. The van der Waals surface area contributed by atoms with Gasteiger partial charge in [-0.3, -0.25) is 9.59 Å². The molecule has 0 aliphatic heterocycles. The zero-order valence-corrected chi connectivity index (χ0v) is 11.1. The van der Waals surface area contributed by atoms with Crippen LogP contribution in [0.15, 0.2) is 48.5 Å². The smallest absolute Gasteiger partial charge is 0.248 e. The molecule has 0 aromatic heterocycles. The number of benzene rings is 2. The number of carbonyl (C=O) groups excluding carboxylic acids is 2. The lowest BCUT2D eigenvalue weighted by molar-refractivity contribution is 0.0996. The quantitative estimate of drug-likeness (QED) is 0.848. The predicted molar refractivity (Wildman–Crippen MR) is 75.7 cm³/mol. The van der Waals surface area contributed by atoms with Gasteiger partial charge in [-0.15, -0.1) is 0 Å². The molecule has 0 atom stereocenters. The van der Waals surface area contributed by atoms with Crippen molar-refractivity contribution in [1.82, 2.24) is 0 Å². The Kier molecular flexibility index (Phi) is 4.15. The summed E-state index contributed by atoms with van der Waals surface area (Å²) in [6.07, 6.45) is 0. The molecule has 2 aromatic rings. The summed E-state index contributed by atoms with van der Waals surface area (Å²) in [6, 6.07) is 13.9. The molecule has 4 heteroatoms. The molecule has 2 N–H and O–H groups in total. The maximum absolute atomic E-state index is 11.3. The summed E-state index contributed by atoms with van der Waals surface area (Å²) < 4.78 is 5.61. The van der Waals surface area contributed by atoms with Crippen molar-refractivity contribution >= 4 is 11.7 Å². The normalized spacial score (nSPS) is 10.1. The molecule has 0 unspecified atom stereocenters. The van der Waals surface area contributed by atoms with E-state index < -0.39 is 5.91 Å². The monoisotopic (exact) mass is 269 g/mol. The minimum Gasteiger partial charge on any atom is -0.489 e. The van der Waals surface area contributed by atoms with Crippen molar-refractivity contribution in [2.45, 2.75) is 13.5 Å². The van der Waals surface area contributed by atoms with Gasteiger partial charge in [0.15, 0.2) is 5.78 Å². The number of carbonyl (C=O) groups is 2. The Balaban J connectivity index is 2.03. The number of hydrogen-bond donors (Lipinski definition) is 1. The van der Waals surface area contributed by atoms with E-state index in [1.54, 1.807) is 48.5 Å². The first-order valence-electron chi connectivity index (χ1n) is 6.19. The third kappa shape index (κ3) is 3.45. The highest BCUT2D eigenvalue weighted by molar-refractivity contribution is 5.94. The Morgan fingerprint density at radius 2 is 1.75 bits per heavy atom. The molecular formula is C16H15NO3. The topological polar surface area (TPSA) is 69.4 Å². The summed E-state index contributed by atoms with van der Waals surface area (Å²) in [6.45, 7) is 1.88. The fourth-order valence-electron chi connectivity index (χ4n) is 1.74. The lowest BCUT2D eigenvalue weighted by Gasteiger charge is -2.07. The van der Waals surface area contributed by atoms with Crippen LogP contribution in [0.1, 0.15) is 33.2 Å². The lowest BCUT2D eigenvalue weighted by atomic mass is 10.1. The Hall–Kier alpha value is -2.62. The van der Waals surface area contributed by atoms with Crippen LogP contribution in [0.25, 0.3) is 0 Å². The van der Waals surface area contributed by atoms with Gasteiger partial charge >= 0.3 is 0 Å². The molecule has 0 fully saturated rings. The van der Waals surface area contributed by atoms with E-state index in [0.29, 0.717) is 23.5 Å². The molecule has 0 saturated heterocycles. The molecule has 0 radical (unpaired) electrons. The summed E-state index contributed by atoms with van der Waals surface area (Å²) in [5.74, 6) is 0.185. The second-order valence-electron chi connectivity index (χ2n) is 4.43. The van der Waals surface area contributed by atoms with E-state index in [0.717, 1.165) is 5.56 Å². The first-order valence-corrected chi connectivity index (χ1v) is 6.19. The van der Waals surface area contributed by atoms with Gasteiger partial charge < -0.3 is 10.5 Å². The van der Waals surface area contributed by atoms with Crippen LogP contribution in [0.2, 0.25) is 0 Å². The van der Waals surface area contributed by atoms with Crippen LogP contribution in [-0.4, -0.2) is 11.7 Å². The molecule has 0 bridgehead atoms. The number of ether oxygens (including phenoxy) is 1. The Labute approximate surface area is 117 Å². The second-order valence-corrected chi connectivity index (χ2v) is 4.43. The van der Waals surface area contributed by atoms with Crippen LogP contribution < -0.4 is 10.5 Å². The van der Waals surface area contributed by atoms with Gasteiger partial charge in [0.25, 0.3) is 0 Å². The van der Waals surface area contributed by atoms with Gasteiger partial charge in [-0.2, -0.15) is 0 Å². The molecule has 0 spiro atoms. The third-order valence-corrected chi connectivity index (χ3v) is 2.88. The number of rotatable bonds is 5. The maximum Gasteiger partial charge on any atom is 0.248 e. The average Bonchev–Trinajstić information content (AvgIpc) is 2.46.